The Balaban J connectivity index is 2.46. The first-order valence-corrected chi connectivity index (χ1v) is 5.81. The van der Waals surface area contributed by atoms with Crippen molar-refractivity contribution in [1.29, 1.82) is 0 Å². The molecule has 0 heterocycles. The molecule has 1 aromatic carbocycles. The van der Waals surface area contributed by atoms with Gasteiger partial charge in [-0.25, -0.2) is 9.18 Å². The molecule has 0 radical (unpaired) electrons. The first kappa shape index (κ1) is 13.0. The van der Waals surface area contributed by atoms with Gasteiger partial charge in [0.25, 0.3) is 0 Å². The van der Waals surface area contributed by atoms with E-state index in [0.29, 0.717) is 16.8 Å². The zero-order valence-corrected chi connectivity index (χ0v) is 10.5. The van der Waals surface area contributed by atoms with Gasteiger partial charge in [-0.3, -0.25) is 5.32 Å². The van der Waals surface area contributed by atoms with Crippen LogP contribution in [0, 0.1) is 5.82 Å². The average Bonchev–Trinajstić information content (AvgIpc) is 2.24. The van der Waals surface area contributed by atoms with E-state index in [1.54, 1.807) is 6.07 Å². The maximum atomic E-state index is 13.1. The van der Waals surface area contributed by atoms with E-state index >= 15 is 0 Å². The molecule has 0 fully saturated rings. The summed E-state index contributed by atoms with van der Waals surface area (Å²) in [5.41, 5.74) is 0.377. The number of carbonyl (C=O) groups excluding carboxylic acids is 1. The van der Waals surface area contributed by atoms with Crippen LogP contribution in [0.15, 0.2) is 22.7 Å². The van der Waals surface area contributed by atoms with Crippen molar-refractivity contribution in [3.63, 3.8) is 0 Å². The summed E-state index contributed by atoms with van der Waals surface area (Å²) in [6.45, 7) is 2.38. The van der Waals surface area contributed by atoms with E-state index in [1.165, 1.54) is 12.1 Å². The molecule has 5 heteroatoms. The molecule has 0 saturated heterocycles. The van der Waals surface area contributed by atoms with E-state index in [-0.39, 0.29) is 0 Å². The number of unbranched alkanes of at least 4 members (excludes halogenated alkanes) is 1. The van der Waals surface area contributed by atoms with Crippen LogP contribution in [0.3, 0.4) is 0 Å². The quantitative estimate of drug-likeness (QED) is 0.853. The first-order valence-electron chi connectivity index (χ1n) is 5.02. The number of ether oxygens (including phenoxy) is 1. The molecule has 0 spiro atoms. The minimum atomic E-state index is -0.560. The second-order valence-electron chi connectivity index (χ2n) is 3.24. The summed E-state index contributed by atoms with van der Waals surface area (Å²) in [7, 11) is 0. The molecule has 1 amide bonds. The highest BCUT2D eigenvalue weighted by Gasteiger charge is 2.05. The molecule has 0 saturated carbocycles. The Bertz CT molecular complexity index is 371. The molecular weight excluding hydrogens is 277 g/mol. The Labute approximate surface area is 102 Å². The van der Waals surface area contributed by atoms with Crippen molar-refractivity contribution in [2.24, 2.45) is 0 Å². The summed E-state index contributed by atoms with van der Waals surface area (Å²) in [5.74, 6) is -0.425. The molecule has 0 atom stereocenters. The molecule has 1 N–H and O–H groups in total. The molecule has 16 heavy (non-hydrogen) atoms. The van der Waals surface area contributed by atoms with Gasteiger partial charge in [0.05, 0.1) is 11.1 Å². The zero-order chi connectivity index (χ0) is 12.0. The van der Waals surface area contributed by atoms with Crippen molar-refractivity contribution in [1.82, 2.24) is 0 Å². The van der Waals surface area contributed by atoms with E-state index in [0.717, 1.165) is 12.8 Å². The fourth-order valence-corrected chi connectivity index (χ4v) is 1.28. The van der Waals surface area contributed by atoms with Crippen LogP contribution in [0.5, 0.6) is 0 Å². The molecule has 1 aromatic rings. The van der Waals surface area contributed by atoms with Gasteiger partial charge in [0.1, 0.15) is 5.82 Å². The standard InChI is InChI=1S/C11H13BrFNO2/c1-2-3-6-16-11(15)14-8-4-5-9(12)10(13)7-8/h4-5,7H,2-3,6H2,1H3,(H,14,15). The van der Waals surface area contributed by atoms with E-state index in [1.807, 2.05) is 6.92 Å². The number of carbonyl (C=O) groups is 1. The van der Waals surface area contributed by atoms with Gasteiger partial charge in [-0.15, -0.1) is 0 Å². The molecular formula is C11H13BrFNO2. The lowest BCUT2D eigenvalue weighted by Crippen LogP contribution is -2.14. The van der Waals surface area contributed by atoms with Crippen LogP contribution in [0.4, 0.5) is 14.9 Å². The molecule has 1 rings (SSSR count). The summed E-state index contributed by atoms with van der Waals surface area (Å²) in [4.78, 5) is 11.2. The lowest BCUT2D eigenvalue weighted by molar-refractivity contribution is 0.160. The predicted octanol–water partition coefficient (Wildman–Crippen LogP) is 3.94. The van der Waals surface area contributed by atoms with Crippen molar-refractivity contribution in [2.45, 2.75) is 19.8 Å². The Kier molecular flexibility index (Phi) is 5.25. The predicted molar refractivity (Wildman–Crippen MR) is 64.0 cm³/mol. The highest BCUT2D eigenvalue weighted by molar-refractivity contribution is 9.10. The smallest absolute Gasteiger partial charge is 0.411 e. The van der Waals surface area contributed by atoms with Crippen LogP contribution in [0.25, 0.3) is 0 Å². The lowest BCUT2D eigenvalue weighted by atomic mass is 10.3. The Hall–Kier alpha value is -1.10. The summed E-state index contributed by atoms with van der Waals surface area (Å²) in [5, 5.41) is 2.45. The number of anilines is 1. The number of nitrogens with one attached hydrogen (secondary N) is 1. The Morgan fingerprint density at radius 3 is 2.94 bits per heavy atom. The number of hydrogen-bond donors (Lipinski definition) is 1. The van der Waals surface area contributed by atoms with Crippen molar-refractivity contribution >= 4 is 27.7 Å². The third-order valence-electron chi connectivity index (χ3n) is 1.90. The van der Waals surface area contributed by atoms with E-state index in [2.05, 4.69) is 21.2 Å². The molecule has 0 aliphatic carbocycles. The fourth-order valence-electron chi connectivity index (χ4n) is 1.04. The van der Waals surface area contributed by atoms with Gasteiger partial charge in [0.15, 0.2) is 0 Å². The van der Waals surface area contributed by atoms with Crippen LogP contribution < -0.4 is 5.32 Å². The second-order valence-corrected chi connectivity index (χ2v) is 4.10. The number of amides is 1. The van der Waals surface area contributed by atoms with Crippen LogP contribution in [-0.2, 0) is 4.74 Å². The maximum absolute atomic E-state index is 13.1. The molecule has 0 unspecified atom stereocenters. The molecule has 0 aliphatic heterocycles. The SMILES string of the molecule is CCCCOC(=O)Nc1ccc(Br)c(F)c1. The Morgan fingerprint density at radius 1 is 1.56 bits per heavy atom. The maximum Gasteiger partial charge on any atom is 0.411 e. The average molecular weight is 290 g/mol. The number of rotatable bonds is 4. The number of halogens is 2. The monoisotopic (exact) mass is 289 g/mol. The number of benzene rings is 1. The minimum absolute atomic E-state index is 0.359. The lowest BCUT2D eigenvalue weighted by Gasteiger charge is -2.06. The van der Waals surface area contributed by atoms with Crippen molar-refractivity contribution in [3.8, 4) is 0 Å². The van der Waals surface area contributed by atoms with Gasteiger partial charge in [0, 0.05) is 5.69 Å². The molecule has 0 aromatic heterocycles. The van der Waals surface area contributed by atoms with Crippen LogP contribution in [-0.4, -0.2) is 12.7 Å². The van der Waals surface area contributed by atoms with Gasteiger partial charge < -0.3 is 4.74 Å². The van der Waals surface area contributed by atoms with Gasteiger partial charge in [-0.2, -0.15) is 0 Å². The molecule has 88 valence electrons. The van der Waals surface area contributed by atoms with Gasteiger partial charge >= 0.3 is 6.09 Å². The summed E-state index contributed by atoms with van der Waals surface area (Å²) < 4.78 is 18.3. The van der Waals surface area contributed by atoms with Crippen LogP contribution >= 0.6 is 15.9 Å². The van der Waals surface area contributed by atoms with Crippen LogP contribution in [0.2, 0.25) is 0 Å². The van der Waals surface area contributed by atoms with Gasteiger partial charge in [0.2, 0.25) is 0 Å². The molecule has 0 bridgehead atoms. The van der Waals surface area contributed by atoms with Crippen molar-refractivity contribution < 1.29 is 13.9 Å². The second kappa shape index (κ2) is 6.48. The number of hydrogen-bond acceptors (Lipinski definition) is 2. The van der Waals surface area contributed by atoms with Gasteiger partial charge in [-0.05, 0) is 40.5 Å². The summed E-state index contributed by atoms with van der Waals surface area (Å²) >= 11 is 3.03. The highest BCUT2D eigenvalue weighted by atomic mass is 79.9. The van der Waals surface area contributed by atoms with E-state index < -0.39 is 11.9 Å². The molecule has 3 nitrogen and oxygen atoms in total. The largest absolute Gasteiger partial charge is 0.449 e. The van der Waals surface area contributed by atoms with Crippen LogP contribution in [0.1, 0.15) is 19.8 Å². The highest BCUT2D eigenvalue weighted by Crippen LogP contribution is 2.19. The topological polar surface area (TPSA) is 38.3 Å². The van der Waals surface area contributed by atoms with Crippen molar-refractivity contribution in [2.75, 3.05) is 11.9 Å². The molecule has 0 aliphatic rings. The minimum Gasteiger partial charge on any atom is -0.449 e. The fraction of sp³-hybridized carbons (Fsp3) is 0.364. The third kappa shape index (κ3) is 4.18. The first-order chi connectivity index (χ1) is 7.63. The summed E-state index contributed by atoms with van der Waals surface area (Å²) in [6.07, 6.45) is 1.22. The Morgan fingerprint density at radius 2 is 2.31 bits per heavy atom. The zero-order valence-electron chi connectivity index (χ0n) is 8.93. The summed E-state index contributed by atoms with van der Waals surface area (Å²) in [6, 6.07) is 4.34. The van der Waals surface area contributed by atoms with Crippen molar-refractivity contribution in [3.05, 3.63) is 28.5 Å². The van der Waals surface area contributed by atoms with Gasteiger partial charge in [-0.1, -0.05) is 13.3 Å². The van der Waals surface area contributed by atoms with E-state index in [4.69, 9.17) is 4.74 Å². The van der Waals surface area contributed by atoms with E-state index in [9.17, 15) is 9.18 Å². The third-order valence-corrected chi connectivity index (χ3v) is 2.54. The normalized spacial score (nSPS) is 9.94.